The molecule has 0 bridgehead atoms. The summed E-state index contributed by atoms with van der Waals surface area (Å²) in [7, 11) is 0. The summed E-state index contributed by atoms with van der Waals surface area (Å²) in [5, 5.41) is 1.15. The molecule has 1 aliphatic rings. The van der Waals surface area contributed by atoms with Crippen LogP contribution < -0.4 is 0 Å². The van der Waals surface area contributed by atoms with Gasteiger partial charge in [-0.2, -0.15) is 0 Å². The topological polar surface area (TPSA) is 76.6 Å². The number of imide groups is 1. The van der Waals surface area contributed by atoms with Crippen molar-refractivity contribution < 1.29 is 19.2 Å². The highest BCUT2D eigenvalue weighted by Gasteiger charge is 2.39. The maximum Gasteiger partial charge on any atom is 0.364 e. The summed E-state index contributed by atoms with van der Waals surface area (Å²) in [4.78, 5) is 47.2. The molecule has 0 N–H and O–H groups in total. The molecule has 4 rings (SSSR count). The molecule has 1 aromatic heterocycles. The molecule has 6 heteroatoms. The van der Waals surface area contributed by atoms with E-state index in [1.165, 1.54) is 12.1 Å². The van der Waals surface area contributed by atoms with Crippen molar-refractivity contribution in [1.82, 2.24) is 10.0 Å². The van der Waals surface area contributed by atoms with Gasteiger partial charge in [0.1, 0.15) is 0 Å². The van der Waals surface area contributed by atoms with Gasteiger partial charge in [-0.15, -0.1) is 0 Å². The summed E-state index contributed by atoms with van der Waals surface area (Å²) in [6, 6.07) is 13.5. The summed E-state index contributed by atoms with van der Waals surface area (Å²) >= 11 is 0. The van der Waals surface area contributed by atoms with Crippen LogP contribution in [0.25, 0.3) is 10.9 Å². The van der Waals surface area contributed by atoms with Crippen LogP contribution in [0.15, 0.2) is 54.7 Å². The van der Waals surface area contributed by atoms with Crippen molar-refractivity contribution in [3.8, 4) is 0 Å². The molecule has 0 unspecified atom stereocenters. The maximum absolute atomic E-state index is 12.8. The SMILES string of the molecule is CCc1cnc2ccccc2c1C(=O)ON1C(=O)c2ccccc2C1=O. The van der Waals surface area contributed by atoms with Crippen LogP contribution >= 0.6 is 0 Å². The quantitative estimate of drug-likeness (QED) is 0.681. The lowest BCUT2D eigenvalue weighted by molar-refractivity contribution is -0.0583. The zero-order chi connectivity index (χ0) is 18.3. The minimum absolute atomic E-state index is 0.223. The second-order valence-electron chi connectivity index (χ2n) is 5.86. The largest absolute Gasteiger partial charge is 0.364 e. The Labute approximate surface area is 149 Å². The number of carbonyl (C=O) groups excluding carboxylic acids is 3. The molecular weight excluding hydrogens is 332 g/mol. The molecule has 6 nitrogen and oxygen atoms in total. The van der Waals surface area contributed by atoms with E-state index in [9.17, 15) is 14.4 Å². The predicted molar refractivity (Wildman–Crippen MR) is 93.5 cm³/mol. The summed E-state index contributed by atoms with van der Waals surface area (Å²) in [6.45, 7) is 1.89. The number of fused-ring (bicyclic) bond motifs is 2. The standard InChI is InChI=1S/C20H14N2O4/c1-2-12-11-21-16-10-6-5-9-15(16)17(12)20(25)26-22-18(23)13-7-3-4-8-14(13)19(22)24/h3-11H,2H2,1H3. The summed E-state index contributed by atoms with van der Waals surface area (Å²) < 4.78 is 0. The molecule has 2 amide bonds. The Morgan fingerprint density at radius 1 is 1.00 bits per heavy atom. The van der Waals surface area contributed by atoms with Gasteiger partial charge in [0.15, 0.2) is 0 Å². The Balaban J connectivity index is 1.73. The third-order valence-electron chi connectivity index (χ3n) is 4.37. The van der Waals surface area contributed by atoms with Crippen LogP contribution in [-0.2, 0) is 11.3 Å². The highest BCUT2D eigenvalue weighted by molar-refractivity contribution is 6.21. The zero-order valence-electron chi connectivity index (χ0n) is 13.9. The van der Waals surface area contributed by atoms with E-state index in [1.807, 2.05) is 13.0 Å². The minimum atomic E-state index is -0.755. The second kappa shape index (κ2) is 6.07. The van der Waals surface area contributed by atoms with Crippen molar-refractivity contribution in [2.75, 3.05) is 0 Å². The Morgan fingerprint density at radius 3 is 2.27 bits per heavy atom. The molecule has 0 fully saturated rings. The summed E-state index contributed by atoms with van der Waals surface area (Å²) in [6.07, 6.45) is 2.17. The number of rotatable bonds is 3. The van der Waals surface area contributed by atoms with Gasteiger partial charge in [-0.25, -0.2) is 4.79 Å². The first kappa shape index (κ1) is 16.0. The van der Waals surface area contributed by atoms with Gasteiger partial charge in [0.05, 0.1) is 22.2 Å². The van der Waals surface area contributed by atoms with E-state index < -0.39 is 17.8 Å². The van der Waals surface area contributed by atoms with E-state index in [0.29, 0.717) is 33.5 Å². The van der Waals surface area contributed by atoms with Crippen LogP contribution in [0.2, 0.25) is 0 Å². The van der Waals surface area contributed by atoms with E-state index >= 15 is 0 Å². The number of amides is 2. The molecule has 0 saturated carbocycles. The van der Waals surface area contributed by atoms with Gasteiger partial charge in [-0.1, -0.05) is 42.3 Å². The van der Waals surface area contributed by atoms with E-state index in [-0.39, 0.29) is 11.1 Å². The van der Waals surface area contributed by atoms with Crippen LogP contribution in [0.5, 0.6) is 0 Å². The van der Waals surface area contributed by atoms with Crippen molar-refractivity contribution in [1.29, 1.82) is 0 Å². The normalized spacial score (nSPS) is 13.2. The van der Waals surface area contributed by atoms with Crippen LogP contribution in [0, 0.1) is 0 Å². The molecule has 0 radical (unpaired) electrons. The van der Waals surface area contributed by atoms with Crippen LogP contribution in [0.3, 0.4) is 0 Å². The number of carbonyl (C=O) groups is 3. The van der Waals surface area contributed by atoms with Gasteiger partial charge in [0, 0.05) is 11.6 Å². The number of hydrogen-bond acceptors (Lipinski definition) is 5. The van der Waals surface area contributed by atoms with E-state index in [2.05, 4.69) is 4.98 Å². The van der Waals surface area contributed by atoms with Crippen molar-refractivity contribution >= 4 is 28.7 Å². The second-order valence-corrected chi connectivity index (χ2v) is 5.86. The number of aromatic nitrogens is 1. The van der Waals surface area contributed by atoms with Crippen molar-refractivity contribution in [3.05, 3.63) is 77.0 Å². The molecule has 1 aliphatic heterocycles. The molecule has 26 heavy (non-hydrogen) atoms. The van der Waals surface area contributed by atoms with Gasteiger partial charge in [0.2, 0.25) is 0 Å². The third kappa shape index (κ3) is 2.35. The number of hydroxylamine groups is 2. The summed E-state index contributed by atoms with van der Waals surface area (Å²) in [5.41, 5.74) is 2.08. The van der Waals surface area contributed by atoms with Crippen LogP contribution in [-0.4, -0.2) is 27.8 Å². The highest BCUT2D eigenvalue weighted by atomic mass is 16.7. The fourth-order valence-electron chi connectivity index (χ4n) is 3.07. The van der Waals surface area contributed by atoms with Crippen molar-refractivity contribution in [2.24, 2.45) is 0 Å². The Kier molecular flexibility index (Phi) is 3.73. The molecule has 2 aromatic carbocycles. The Bertz CT molecular complexity index is 1040. The van der Waals surface area contributed by atoms with Gasteiger partial charge in [-0.3, -0.25) is 14.6 Å². The van der Waals surface area contributed by atoms with Crippen LogP contribution in [0.4, 0.5) is 0 Å². The summed E-state index contributed by atoms with van der Waals surface area (Å²) in [5.74, 6) is -2.04. The smallest absolute Gasteiger partial charge is 0.324 e. The lowest BCUT2D eigenvalue weighted by Crippen LogP contribution is -2.33. The maximum atomic E-state index is 12.8. The minimum Gasteiger partial charge on any atom is -0.324 e. The molecule has 0 aliphatic carbocycles. The number of hydrogen-bond donors (Lipinski definition) is 0. The molecule has 3 aromatic rings. The Morgan fingerprint density at radius 2 is 1.62 bits per heavy atom. The van der Waals surface area contributed by atoms with E-state index in [1.54, 1.807) is 36.5 Å². The average molecular weight is 346 g/mol. The molecule has 0 spiro atoms. The lowest BCUT2D eigenvalue weighted by Gasteiger charge is -2.15. The van der Waals surface area contributed by atoms with Gasteiger partial charge >= 0.3 is 5.97 Å². The fraction of sp³-hybridized carbons (Fsp3) is 0.100. The number of nitrogens with zero attached hydrogens (tertiary/aromatic N) is 2. The molecule has 2 heterocycles. The molecule has 0 saturated heterocycles. The highest BCUT2D eigenvalue weighted by Crippen LogP contribution is 2.26. The van der Waals surface area contributed by atoms with Crippen molar-refractivity contribution in [3.63, 3.8) is 0 Å². The zero-order valence-corrected chi connectivity index (χ0v) is 13.9. The molecular formula is C20H14N2O4. The monoisotopic (exact) mass is 346 g/mol. The average Bonchev–Trinajstić information content (AvgIpc) is 2.92. The van der Waals surface area contributed by atoms with Gasteiger partial charge < -0.3 is 4.84 Å². The molecule has 0 atom stereocenters. The first-order valence-electron chi connectivity index (χ1n) is 8.18. The van der Waals surface area contributed by atoms with E-state index in [4.69, 9.17) is 4.84 Å². The number of para-hydroxylation sites is 1. The van der Waals surface area contributed by atoms with Crippen LogP contribution in [0.1, 0.15) is 43.6 Å². The lowest BCUT2D eigenvalue weighted by atomic mass is 10.0. The predicted octanol–water partition coefficient (Wildman–Crippen LogP) is 3.17. The number of aryl methyl sites for hydroxylation is 1. The first-order chi connectivity index (χ1) is 12.6. The number of pyridine rings is 1. The number of benzene rings is 2. The fourth-order valence-corrected chi connectivity index (χ4v) is 3.07. The van der Waals surface area contributed by atoms with E-state index in [0.717, 1.165) is 0 Å². The van der Waals surface area contributed by atoms with Gasteiger partial charge in [0.25, 0.3) is 11.8 Å². The Hall–Kier alpha value is -3.54. The first-order valence-corrected chi connectivity index (χ1v) is 8.18. The van der Waals surface area contributed by atoms with Crippen molar-refractivity contribution in [2.45, 2.75) is 13.3 Å². The third-order valence-corrected chi connectivity index (χ3v) is 4.37. The van der Waals surface area contributed by atoms with Gasteiger partial charge in [-0.05, 0) is 30.2 Å². The molecule has 128 valence electrons.